The van der Waals surface area contributed by atoms with Crippen molar-refractivity contribution in [1.29, 1.82) is 0 Å². The zero-order valence-corrected chi connectivity index (χ0v) is 11.6. The molecule has 0 amide bonds. The highest BCUT2D eigenvalue weighted by Crippen LogP contribution is 2.19. The van der Waals surface area contributed by atoms with Crippen molar-refractivity contribution in [2.45, 2.75) is 45.3 Å². The Morgan fingerprint density at radius 1 is 1.37 bits per heavy atom. The van der Waals surface area contributed by atoms with Crippen LogP contribution in [0.15, 0.2) is 18.2 Å². The third kappa shape index (κ3) is 3.51. The van der Waals surface area contributed by atoms with Gasteiger partial charge in [0.2, 0.25) is 0 Å². The van der Waals surface area contributed by atoms with Gasteiger partial charge in [0.25, 0.3) is 0 Å². The minimum absolute atomic E-state index is 0.393. The lowest BCUT2D eigenvalue weighted by Gasteiger charge is -2.39. The van der Waals surface area contributed by atoms with Crippen LogP contribution in [-0.2, 0) is 6.54 Å². The maximum absolute atomic E-state index is 13.7. The summed E-state index contributed by atoms with van der Waals surface area (Å²) in [6, 6.07) is 5.22. The van der Waals surface area contributed by atoms with Crippen molar-refractivity contribution >= 4 is 0 Å². The van der Waals surface area contributed by atoms with Crippen molar-refractivity contribution in [3.05, 3.63) is 35.4 Å². The maximum atomic E-state index is 13.7. The summed E-state index contributed by atoms with van der Waals surface area (Å²) in [5.41, 5.74) is 0.454. The van der Waals surface area contributed by atoms with E-state index in [0.717, 1.165) is 25.9 Å². The molecule has 1 saturated heterocycles. The van der Waals surface area contributed by atoms with Crippen LogP contribution < -0.4 is 5.32 Å². The van der Waals surface area contributed by atoms with Gasteiger partial charge in [-0.3, -0.25) is 4.90 Å². The van der Waals surface area contributed by atoms with Crippen LogP contribution in [0.1, 0.15) is 32.3 Å². The molecule has 0 saturated carbocycles. The normalized spacial score (nSPS) is 24.6. The van der Waals surface area contributed by atoms with Gasteiger partial charge in [-0.05, 0) is 19.4 Å². The first-order valence-corrected chi connectivity index (χ1v) is 7.02. The first-order valence-electron chi connectivity index (χ1n) is 7.02. The van der Waals surface area contributed by atoms with Crippen LogP contribution in [-0.4, -0.2) is 30.1 Å². The summed E-state index contributed by atoms with van der Waals surface area (Å²) < 4.78 is 27.0. The van der Waals surface area contributed by atoms with E-state index < -0.39 is 11.6 Å². The first-order chi connectivity index (χ1) is 9.11. The third-order valence-electron chi connectivity index (χ3n) is 3.75. The number of hydrogen-bond acceptors (Lipinski definition) is 2. The third-order valence-corrected chi connectivity index (χ3v) is 3.75. The van der Waals surface area contributed by atoms with Gasteiger partial charge in [-0.15, -0.1) is 0 Å². The van der Waals surface area contributed by atoms with Crippen LogP contribution in [0.25, 0.3) is 0 Å². The van der Waals surface area contributed by atoms with E-state index in [1.165, 1.54) is 6.07 Å². The van der Waals surface area contributed by atoms with E-state index in [-0.39, 0.29) is 0 Å². The highest BCUT2D eigenvalue weighted by molar-refractivity contribution is 5.19. The summed E-state index contributed by atoms with van der Waals surface area (Å²) in [4.78, 5) is 2.27. The molecule has 0 radical (unpaired) electrons. The van der Waals surface area contributed by atoms with Gasteiger partial charge in [0, 0.05) is 37.3 Å². The van der Waals surface area contributed by atoms with Crippen molar-refractivity contribution < 1.29 is 8.78 Å². The molecule has 1 aromatic carbocycles. The van der Waals surface area contributed by atoms with Crippen LogP contribution >= 0.6 is 0 Å². The van der Waals surface area contributed by atoms with Crippen LogP contribution in [0, 0.1) is 11.6 Å². The molecular weight excluding hydrogens is 246 g/mol. The number of rotatable bonds is 4. The Labute approximate surface area is 113 Å². The molecule has 4 heteroatoms. The van der Waals surface area contributed by atoms with Crippen LogP contribution in [0.4, 0.5) is 8.78 Å². The van der Waals surface area contributed by atoms with Gasteiger partial charge in [0.15, 0.2) is 11.6 Å². The molecule has 2 nitrogen and oxygen atoms in total. The van der Waals surface area contributed by atoms with E-state index in [1.807, 2.05) is 0 Å². The molecule has 0 bridgehead atoms. The summed E-state index contributed by atoms with van der Waals surface area (Å²) in [6.45, 7) is 6.56. The van der Waals surface area contributed by atoms with Crippen LogP contribution in [0.5, 0.6) is 0 Å². The molecule has 1 aliphatic heterocycles. The Morgan fingerprint density at radius 3 is 2.89 bits per heavy atom. The SMILES string of the molecule is CCCC1CNC(C)CN1Cc1cccc(F)c1F. The summed E-state index contributed by atoms with van der Waals surface area (Å²) in [6.07, 6.45) is 2.18. The minimum Gasteiger partial charge on any atom is -0.311 e. The molecule has 1 fully saturated rings. The fraction of sp³-hybridized carbons (Fsp3) is 0.600. The number of halogens is 2. The van der Waals surface area contributed by atoms with Crippen molar-refractivity contribution in [3.63, 3.8) is 0 Å². The van der Waals surface area contributed by atoms with E-state index in [9.17, 15) is 8.78 Å². The quantitative estimate of drug-likeness (QED) is 0.903. The molecule has 0 aliphatic carbocycles. The largest absolute Gasteiger partial charge is 0.311 e. The van der Waals surface area contributed by atoms with E-state index >= 15 is 0 Å². The van der Waals surface area contributed by atoms with Gasteiger partial charge in [0.1, 0.15) is 0 Å². The second-order valence-electron chi connectivity index (χ2n) is 5.39. The summed E-state index contributed by atoms with van der Waals surface area (Å²) in [7, 11) is 0. The standard InChI is InChI=1S/C15H22F2N2/c1-3-5-13-8-18-11(2)9-19(13)10-12-6-4-7-14(16)15(12)17/h4,6-7,11,13,18H,3,5,8-10H2,1-2H3. The van der Waals surface area contributed by atoms with Gasteiger partial charge in [-0.2, -0.15) is 0 Å². The van der Waals surface area contributed by atoms with Crippen molar-refractivity contribution in [1.82, 2.24) is 10.2 Å². The minimum atomic E-state index is -0.757. The molecule has 2 unspecified atom stereocenters. The fourth-order valence-electron chi connectivity index (χ4n) is 2.73. The Balaban J connectivity index is 2.11. The number of piperazine rings is 1. The number of hydrogen-bond donors (Lipinski definition) is 1. The Morgan fingerprint density at radius 2 is 2.16 bits per heavy atom. The highest BCUT2D eigenvalue weighted by Gasteiger charge is 2.26. The van der Waals surface area contributed by atoms with Gasteiger partial charge in [-0.1, -0.05) is 25.5 Å². The smallest absolute Gasteiger partial charge is 0.163 e. The lowest BCUT2D eigenvalue weighted by molar-refractivity contribution is 0.118. The topological polar surface area (TPSA) is 15.3 Å². The molecule has 1 N–H and O–H groups in total. The Hall–Kier alpha value is -1.00. The molecule has 0 aromatic heterocycles. The average molecular weight is 268 g/mol. The molecule has 1 aliphatic rings. The van der Waals surface area contributed by atoms with Gasteiger partial charge in [0.05, 0.1) is 0 Å². The second-order valence-corrected chi connectivity index (χ2v) is 5.39. The van der Waals surface area contributed by atoms with Gasteiger partial charge < -0.3 is 5.32 Å². The van der Waals surface area contributed by atoms with Gasteiger partial charge in [-0.25, -0.2) is 8.78 Å². The zero-order valence-electron chi connectivity index (χ0n) is 11.6. The molecular formula is C15H22F2N2. The first kappa shape index (κ1) is 14.4. The van der Waals surface area contributed by atoms with E-state index in [0.29, 0.717) is 24.2 Å². The average Bonchev–Trinajstić information content (AvgIpc) is 2.38. The fourth-order valence-corrected chi connectivity index (χ4v) is 2.73. The van der Waals surface area contributed by atoms with E-state index in [1.54, 1.807) is 12.1 Å². The van der Waals surface area contributed by atoms with Crippen LogP contribution in [0.3, 0.4) is 0 Å². The molecule has 2 atom stereocenters. The molecule has 19 heavy (non-hydrogen) atoms. The lowest BCUT2D eigenvalue weighted by Crippen LogP contribution is -2.54. The number of benzene rings is 1. The number of nitrogens with one attached hydrogen (secondary N) is 1. The molecule has 0 spiro atoms. The zero-order chi connectivity index (χ0) is 13.8. The molecule has 1 heterocycles. The molecule has 2 rings (SSSR count). The predicted octanol–water partition coefficient (Wildman–Crippen LogP) is 2.93. The predicted molar refractivity (Wildman–Crippen MR) is 72.9 cm³/mol. The Bertz CT molecular complexity index is 423. The summed E-state index contributed by atoms with van der Waals surface area (Å²) in [5, 5.41) is 3.45. The van der Waals surface area contributed by atoms with Crippen LogP contribution in [0.2, 0.25) is 0 Å². The van der Waals surface area contributed by atoms with E-state index in [4.69, 9.17) is 0 Å². The second kappa shape index (κ2) is 6.44. The molecule has 106 valence electrons. The molecule has 1 aromatic rings. The van der Waals surface area contributed by atoms with Crippen molar-refractivity contribution in [3.8, 4) is 0 Å². The summed E-state index contributed by atoms with van der Waals surface area (Å²) in [5.74, 6) is -1.46. The monoisotopic (exact) mass is 268 g/mol. The number of nitrogens with zero attached hydrogens (tertiary/aromatic N) is 1. The maximum Gasteiger partial charge on any atom is 0.163 e. The highest BCUT2D eigenvalue weighted by atomic mass is 19.2. The van der Waals surface area contributed by atoms with Crippen molar-refractivity contribution in [2.75, 3.05) is 13.1 Å². The lowest BCUT2D eigenvalue weighted by atomic mass is 10.0. The van der Waals surface area contributed by atoms with E-state index in [2.05, 4.69) is 24.1 Å². The van der Waals surface area contributed by atoms with Crippen molar-refractivity contribution in [2.24, 2.45) is 0 Å². The van der Waals surface area contributed by atoms with Gasteiger partial charge >= 0.3 is 0 Å². The summed E-state index contributed by atoms with van der Waals surface area (Å²) >= 11 is 0. The Kier molecular flexibility index (Phi) is 4.88.